The number of anilines is 1. The van der Waals surface area contributed by atoms with Gasteiger partial charge in [0.1, 0.15) is 11.6 Å². The van der Waals surface area contributed by atoms with E-state index in [0.717, 1.165) is 29.4 Å². The second-order valence-electron chi connectivity index (χ2n) is 5.09. The topological polar surface area (TPSA) is 49.4 Å². The van der Waals surface area contributed by atoms with E-state index in [1.165, 1.54) is 0 Å². The predicted octanol–water partition coefficient (Wildman–Crippen LogP) is 2.36. The zero-order valence-electron chi connectivity index (χ0n) is 13.2. The molecule has 0 aliphatic carbocycles. The number of para-hydroxylation sites is 1. The number of halogens is 2. The van der Waals surface area contributed by atoms with Gasteiger partial charge in [0.05, 0.1) is 12.2 Å². The average molecular weight is 350 g/mol. The summed E-state index contributed by atoms with van der Waals surface area (Å²) in [5.74, 6) is 3.20. The fourth-order valence-electron chi connectivity index (χ4n) is 2.05. The van der Waals surface area contributed by atoms with E-state index in [4.69, 9.17) is 0 Å². The van der Waals surface area contributed by atoms with E-state index >= 15 is 0 Å². The van der Waals surface area contributed by atoms with Gasteiger partial charge >= 0.3 is 0 Å². The standard InChI is InChI=1S/C17H16F2N2O2S/c1-21(2)16-11-4-3-7-13(16)8-6-12-20-24(22,23)17-14(18)9-5-10-15(17)19/h3-5,7,9-11,20H,12H2,1-2H3. The van der Waals surface area contributed by atoms with Crippen LogP contribution < -0.4 is 9.62 Å². The second kappa shape index (κ2) is 7.43. The largest absolute Gasteiger partial charge is 0.377 e. The number of hydrogen-bond donors (Lipinski definition) is 1. The number of hydrogen-bond acceptors (Lipinski definition) is 3. The Hall–Kier alpha value is -2.43. The summed E-state index contributed by atoms with van der Waals surface area (Å²) in [7, 11) is -0.585. The first-order chi connectivity index (χ1) is 11.3. The maximum absolute atomic E-state index is 13.6. The molecule has 0 aromatic heterocycles. The molecule has 0 unspecified atom stereocenters. The highest BCUT2D eigenvalue weighted by Crippen LogP contribution is 2.18. The molecule has 4 nitrogen and oxygen atoms in total. The van der Waals surface area contributed by atoms with Crippen molar-refractivity contribution in [3.05, 3.63) is 59.7 Å². The second-order valence-corrected chi connectivity index (χ2v) is 6.79. The average Bonchev–Trinajstić information content (AvgIpc) is 2.51. The fourth-order valence-corrected chi connectivity index (χ4v) is 3.11. The predicted molar refractivity (Wildman–Crippen MR) is 89.2 cm³/mol. The van der Waals surface area contributed by atoms with E-state index in [9.17, 15) is 17.2 Å². The summed E-state index contributed by atoms with van der Waals surface area (Å²) in [6, 6.07) is 10.2. The molecule has 126 valence electrons. The van der Waals surface area contributed by atoms with E-state index in [0.29, 0.717) is 0 Å². The van der Waals surface area contributed by atoms with E-state index in [1.54, 1.807) is 6.07 Å². The minimum absolute atomic E-state index is 0.266. The van der Waals surface area contributed by atoms with Gasteiger partial charge in [0, 0.05) is 19.7 Å². The Morgan fingerprint density at radius 1 is 1.04 bits per heavy atom. The number of nitrogens with one attached hydrogen (secondary N) is 1. The van der Waals surface area contributed by atoms with Gasteiger partial charge in [-0.05, 0) is 24.3 Å². The highest BCUT2D eigenvalue weighted by atomic mass is 32.2. The van der Waals surface area contributed by atoms with Crippen LogP contribution in [0.5, 0.6) is 0 Å². The molecule has 2 aromatic carbocycles. The summed E-state index contributed by atoms with van der Waals surface area (Å²) in [5.41, 5.74) is 1.60. The van der Waals surface area contributed by atoms with Crippen molar-refractivity contribution in [2.45, 2.75) is 4.90 Å². The minimum atomic E-state index is -4.32. The third kappa shape index (κ3) is 4.10. The first-order valence-electron chi connectivity index (χ1n) is 7.02. The molecule has 7 heteroatoms. The van der Waals surface area contributed by atoms with Gasteiger partial charge < -0.3 is 4.90 Å². The lowest BCUT2D eigenvalue weighted by Gasteiger charge is -2.13. The molecular weight excluding hydrogens is 334 g/mol. The van der Waals surface area contributed by atoms with Crippen LogP contribution in [-0.2, 0) is 10.0 Å². The molecule has 0 bridgehead atoms. The van der Waals surface area contributed by atoms with Gasteiger partial charge in [0.15, 0.2) is 4.90 Å². The van der Waals surface area contributed by atoms with Crippen molar-refractivity contribution < 1.29 is 17.2 Å². The van der Waals surface area contributed by atoms with Crippen molar-refractivity contribution >= 4 is 15.7 Å². The molecule has 24 heavy (non-hydrogen) atoms. The lowest BCUT2D eigenvalue weighted by atomic mass is 10.1. The van der Waals surface area contributed by atoms with Crippen LogP contribution >= 0.6 is 0 Å². The van der Waals surface area contributed by atoms with Gasteiger partial charge in [-0.1, -0.05) is 30.0 Å². The van der Waals surface area contributed by atoms with Crippen LogP contribution in [0.3, 0.4) is 0 Å². The van der Waals surface area contributed by atoms with Crippen molar-refractivity contribution in [1.29, 1.82) is 0 Å². The Kier molecular flexibility index (Phi) is 5.54. The van der Waals surface area contributed by atoms with Crippen LogP contribution in [-0.4, -0.2) is 29.1 Å². The van der Waals surface area contributed by atoms with Crippen LogP contribution in [0.25, 0.3) is 0 Å². The maximum Gasteiger partial charge on any atom is 0.247 e. The Bertz CT molecular complexity index is 880. The molecule has 0 heterocycles. The van der Waals surface area contributed by atoms with E-state index in [1.807, 2.05) is 37.2 Å². The first kappa shape index (κ1) is 17.9. The monoisotopic (exact) mass is 350 g/mol. The Labute approximate surface area is 140 Å². The summed E-state index contributed by atoms with van der Waals surface area (Å²) in [6.45, 7) is -0.266. The molecule has 0 atom stereocenters. The summed E-state index contributed by atoms with van der Waals surface area (Å²) in [6.07, 6.45) is 0. The molecule has 0 saturated heterocycles. The lowest BCUT2D eigenvalue weighted by molar-refractivity contribution is 0.515. The zero-order chi connectivity index (χ0) is 17.7. The van der Waals surface area contributed by atoms with Gasteiger partial charge in [0.25, 0.3) is 0 Å². The molecule has 0 aliphatic heterocycles. The van der Waals surface area contributed by atoms with Crippen LogP contribution in [0.4, 0.5) is 14.5 Å². The van der Waals surface area contributed by atoms with Crippen LogP contribution in [0.2, 0.25) is 0 Å². The number of benzene rings is 2. The van der Waals surface area contributed by atoms with Crippen LogP contribution in [0.15, 0.2) is 47.4 Å². The van der Waals surface area contributed by atoms with E-state index < -0.39 is 26.6 Å². The van der Waals surface area contributed by atoms with Gasteiger partial charge in [-0.2, -0.15) is 4.72 Å². The summed E-state index contributed by atoms with van der Waals surface area (Å²) < 4.78 is 53.2. The molecule has 0 saturated carbocycles. The normalized spacial score (nSPS) is 10.8. The van der Waals surface area contributed by atoms with Crippen molar-refractivity contribution in [3.8, 4) is 11.8 Å². The smallest absolute Gasteiger partial charge is 0.247 e. The molecule has 0 radical (unpaired) electrons. The summed E-state index contributed by atoms with van der Waals surface area (Å²) in [5, 5.41) is 0. The van der Waals surface area contributed by atoms with Gasteiger partial charge in [-0.15, -0.1) is 0 Å². The number of sulfonamides is 1. The minimum Gasteiger partial charge on any atom is -0.377 e. The van der Waals surface area contributed by atoms with Gasteiger partial charge in [-0.25, -0.2) is 17.2 Å². The Morgan fingerprint density at radius 2 is 1.67 bits per heavy atom. The third-order valence-corrected chi connectivity index (χ3v) is 4.60. The Balaban J connectivity index is 2.16. The summed E-state index contributed by atoms with van der Waals surface area (Å²) >= 11 is 0. The fraction of sp³-hybridized carbons (Fsp3) is 0.176. The van der Waals surface area contributed by atoms with E-state index in [-0.39, 0.29) is 6.54 Å². The van der Waals surface area contributed by atoms with Crippen molar-refractivity contribution in [1.82, 2.24) is 4.72 Å². The quantitative estimate of drug-likeness (QED) is 0.862. The SMILES string of the molecule is CN(C)c1ccccc1C#CCNS(=O)(=O)c1c(F)cccc1F. The molecule has 2 rings (SSSR count). The number of rotatable bonds is 4. The maximum atomic E-state index is 13.6. The summed E-state index contributed by atoms with van der Waals surface area (Å²) in [4.78, 5) is 0.878. The molecule has 0 spiro atoms. The number of nitrogens with zero attached hydrogens (tertiary/aromatic N) is 1. The molecule has 2 aromatic rings. The van der Waals surface area contributed by atoms with Crippen molar-refractivity contribution in [3.63, 3.8) is 0 Å². The highest BCUT2D eigenvalue weighted by molar-refractivity contribution is 7.89. The van der Waals surface area contributed by atoms with Gasteiger partial charge in [-0.3, -0.25) is 0 Å². The molecule has 1 N–H and O–H groups in total. The van der Waals surface area contributed by atoms with Crippen molar-refractivity contribution in [2.24, 2.45) is 0 Å². The third-order valence-electron chi connectivity index (χ3n) is 3.15. The Morgan fingerprint density at radius 3 is 2.29 bits per heavy atom. The molecular formula is C17H16F2N2O2S. The van der Waals surface area contributed by atoms with Crippen LogP contribution in [0.1, 0.15) is 5.56 Å². The lowest BCUT2D eigenvalue weighted by Crippen LogP contribution is -2.26. The van der Waals surface area contributed by atoms with Crippen LogP contribution in [0, 0.1) is 23.5 Å². The first-order valence-corrected chi connectivity index (χ1v) is 8.50. The zero-order valence-corrected chi connectivity index (χ0v) is 14.0. The molecule has 0 amide bonds. The van der Waals surface area contributed by atoms with Crippen molar-refractivity contribution in [2.75, 3.05) is 25.5 Å². The van der Waals surface area contributed by atoms with E-state index in [2.05, 4.69) is 16.6 Å². The van der Waals surface area contributed by atoms with Gasteiger partial charge in [0.2, 0.25) is 10.0 Å². The highest BCUT2D eigenvalue weighted by Gasteiger charge is 2.22. The molecule has 0 fully saturated rings. The molecule has 0 aliphatic rings.